The summed E-state index contributed by atoms with van der Waals surface area (Å²) in [6, 6.07) is 9.13. The maximum atomic E-state index is 6.12. The van der Waals surface area contributed by atoms with Gasteiger partial charge in [0, 0.05) is 18.0 Å². The number of imidazole rings is 1. The molecule has 0 bridgehead atoms. The molecule has 0 spiro atoms. The molecule has 0 aliphatic heterocycles. The van der Waals surface area contributed by atoms with Crippen molar-refractivity contribution in [2.24, 2.45) is 5.73 Å². The third-order valence-electron chi connectivity index (χ3n) is 4.73. The number of hydrogen-bond acceptors (Lipinski definition) is 2. The Morgan fingerprint density at radius 1 is 1.26 bits per heavy atom. The van der Waals surface area contributed by atoms with Crippen LogP contribution in [0.1, 0.15) is 51.4 Å². The van der Waals surface area contributed by atoms with Crippen molar-refractivity contribution in [2.75, 3.05) is 6.54 Å². The van der Waals surface area contributed by atoms with E-state index in [0.29, 0.717) is 12.6 Å². The van der Waals surface area contributed by atoms with E-state index >= 15 is 0 Å². The molecule has 102 valence electrons. The van der Waals surface area contributed by atoms with Crippen molar-refractivity contribution in [3.05, 3.63) is 30.1 Å². The smallest absolute Gasteiger partial charge is 0.117 e. The molecular formula is C16H23N3. The Morgan fingerprint density at radius 2 is 1.95 bits per heavy atom. The number of fused-ring (bicyclic) bond motifs is 1. The summed E-state index contributed by atoms with van der Waals surface area (Å²) in [6.07, 6.45) is 4.66. The van der Waals surface area contributed by atoms with Crippen LogP contribution in [-0.4, -0.2) is 16.1 Å². The number of nitrogens with zero attached hydrogens (tertiary/aromatic N) is 2. The lowest BCUT2D eigenvalue weighted by Crippen LogP contribution is -2.36. The summed E-state index contributed by atoms with van der Waals surface area (Å²) in [6.45, 7) is 5.13. The molecule has 0 amide bonds. The molecule has 0 atom stereocenters. The number of rotatable bonds is 5. The first-order valence-corrected chi connectivity index (χ1v) is 7.43. The molecule has 1 aliphatic rings. The Balaban J connectivity index is 2.24. The molecule has 1 aromatic carbocycles. The van der Waals surface area contributed by atoms with Gasteiger partial charge in [-0.2, -0.15) is 0 Å². The maximum Gasteiger partial charge on any atom is 0.117 e. The topological polar surface area (TPSA) is 43.8 Å². The van der Waals surface area contributed by atoms with Crippen LogP contribution in [0.2, 0.25) is 0 Å². The minimum Gasteiger partial charge on any atom is -0.329 e. The molecule has 2 N–H and O–H groups in total. The van der Waals surface area contributed by atoms with Crippen LogP contribution < -0.4 is 5.73 Å². The highest BCUT2D eigenvalue weighted by atomic mass is 15.1. The summed E-state index contributed by atoms with van der Waals surface area (Å²) >= 11 is 0. The van der Waals surface area contributed by atoms with E-state index in [-0.39, 0.29) is 5.41 Å². The van der Waals surface area contributed by atoms with Crippen LogP contribution in [0.3, 0.4) is 0 Å². The lowest BCUT2D eigenvalue weighted by Gasteiger charge is -2.30. The molecule has 0 radical (unpaired) electrons. The maximum absolute atomic E-state index is 6.12. The third-order valence-corrected chi connectivity index (χ3v) is 4.73. The van der Waals surface area contributed by atoms with Crippen molar-refractivity contribution in [1.29, 1.82) is 0 Å². The van der Waals surface area contributed by atoms with Gasteiger partial charge < -0.3 is 10.3 Å². The Bertz CT molecular complexity index is 568. The highest BCUT2D eigenvalue weighted by Gasteiger charge is 2.37. The van der Waals surface area contributed by atoms with Crippen LogP contribution in [0.25, 0.3) is 11.0 Å². The van der Waals surface area contributed by atoms with Crippen LogP contribution >= 0.6 is 0 Å². The molecule has 1 aliphatic carbocycles. The quantitative estimate of drug-likeness (QED) is 0.892. The molecule has 3 rings (SSSR count). The zero-order valence-electron chi connectivity index (χ0n) is 11.9. The largest absolute Gasteiger partial charge is 0.329 e. The zero-order chi connectivity index (χ0) is 13.5. The first-order valence-electron chi connectivity index (χ1n) is 7.43. The normalized spacial score (nSPS) is 16.2. The predicted octanol–water partition coefficient (Wildman–Crippen LogP) is 3.39. The molecule has 3 nitrogen and oxygen atoms in total. The van der Waals surface area contributed by atoms with Gasteiger partial charge >= 0.3 is 0 Å². The lowest BCUT2D eigenvalue weighted by atomic mass is 9.81. The van der Waals surface area contributed by atoms with Gasteiger partial charge in [-0.05, 0) is 37.8 Å². The van der Waals surface area contributed by atoms with Crippen LogP contribution in [0, 0.1) is 0 Å². The minimum absolute atomic E-state index is 0.0294. The highest BCUT2D eigenvalue weighted by molar-refractivity contribution is 5.76. The van der Waals surface area contributed by atoms with Gasteiger partial charge in [0.25, 0.3) is 0 Å². The van der Waals surface area contributed by atoms with E-state index in [1.807, 2.05) is 0 Å². The summed E-state index contributed by atoms with van der Waals surface area (Å²) in [5.41, 5.74) is 8.54. The fourth-order valence-corrected chi connectivity index (χ4v) is 3.07. The van der Waals surface area contributed by atoms with Gasteiger partial charge in [0.15, 0.2) is 0 Å². The SMILES string of the molecule is CCC(CC)(CN)c1nc2ccccc2n1C1CC1. The Kier molecular flexibility index (Phi) is 3.09. The second-order valence-corrected chi connectivity index (χ2v) is 5.72. The Labute approximate surface area is 114 Å². The van der Waals surface area contributed by atoms with Crippen molar-refractivity contribution in [1.82, 2.24) is 9.55 Å². The Hall–Kier alpha value is -1.35. The van der Waals surface area contributed by atoms with Crippen LogP contribution in [-0.2, 0) is 5.41 Å². The van der Waals surface area contributed by atoms with Crippen LogP contribution in [0.5, 0.6) is 0 Å². The van der Waals surface area contributed by atoms with Gasteiger partial charge in [0.1, 0.15) is 5.82 Å². The first kappa shape index (κ1) is 12.7. The number of hydrogen-bond donors (Lipinski definition) is 1. The van der Waals surface area contributed by atoms with Crippen LogP contribution in [0.4, 0.5) is 0 Å². The molecule has 2 aromatic rings. The second-order valence-electron chi connectivity index (χ2n) is 5.72. The third kappa shape index (κ3) is 1.88. The van der Waals surface area contributed by atoms with Crippen molar-refractivity contribution in [2.45, 2.75) is 51.0 Å². The van der Waals surface area contributed by atoms with E-state index in [0.717, 1.165) is 18.4 Å². The van der Waals surface area contributed by atoms with Gasteiger partial charge in [0.05, 0.1) is 11.0 Å². The van der Waals surface area contributed by atoms with Crippen molar-refractivity contribution < 1.29 is 0 Å². The molecule has 3 heteroatoms. The van der Waals surface area contributed by atoms with Gasteiger partial charge in [-0.1, -0.05) is 26.0 Å². The lowest BCUT2D eigenvalue weighted by molar-refractivity contribution is 0.368. The van der Waals surface area contributed by atoms with E-state index in [1.165, 1.54) is 24.2 Å². The fraction of sp³-hybridized carbons (Fsp3) is 0.562. The monoisotopic (exact) mass is 257 g/mol. The summed E-state index contributed by atoms with van der Waals surface area (Å²) < 4.78 is 2.47. The average molecular weight is 257 g/mol. The number of aromatic nitrogens is 2. The molecule has 19 heavy (non-hydrogen) atoms. The molecule has 1 aromatic heterocycles. The molecule has 1 fully saturated rings. The van der Waals surface area contributed by atoms with Crippen molar-refractivity contribution in [3.63, 3.8) is 0 Å². The summed E-state index contributed by atoms with van der Waals surface area (Å²) in [5, 5.41) is 0. The predicted molar refractivity (Wildman–Crippen MR) is 79.3 cm³/mol. The number of para-hydroxylation sites is 2. The van der Waals surface area contributed by atoms with Crippen LogP contribution in [0.15, 0.2) is 24.3 Å². The van der Waals surface area contributed by atoms with Gasteiger partial charge in [-0.3, -0.25) is 0 Å². The minimum atomic E-state index is 0.0294. The van der Waals surface area contributed by atoms with E-state index in [9.17, 15) is 0 Å². The fourth-order valence-electron chi connectivity index (χ4n) is 3.07. The summed E-state index contributed by atoms with van der Waals surface area (Å²) in [5.74, 6) is 1.21. The zero-order valence-corrected chi connectivity index (χ0v) is 11.9. The van der Waals surface area contributed by atoms with Gasteiger partial charge in [-0.25, -0.2) is 4.98 Å². The summed E-state index contributed by atoms with van der Waals surface area (Å²) in [7, 11) is 0. The van der Waals surface area contributed by atoms with Crippen molar-refractivity contribution in [3.8, 4) is 0 Å². The van der Waals surface area contributed by atoms with Gasteiger partial charge in [-0.15, -0.1) is 0 Å². The van der Waals surface area contributed by atoms with E-state index < -0.39 is 0 Å². The number of benzene rings is 1. The number of nitrogens with two attached hydrogens (primary N) is 1. The average Bonchev–Trinajstić information content (AvgIpc) is 3.22. The highest BCUT2D eigenvalue weighted by Crippen LogP contribution is 2.42. The standard InChI is InChI=1S/C16H23N3/c1-3-16(4-2,11-17)15-18-13-7-5-6-8-14(13)19(15)12-9-10-12/h5-8,12H,3-4,9-11,17H2,1-2H3. The molecule has 0 saturated heterocycles. The van der Waals surface area contributed by atoms with Gasteiger partial charge in [0.2, 0.25) is 0 Å². The second kappa shape index (κ2) is 4.64. The van der Waals surface area contributed by atoms with E-state index in [1.54, 1.807) is 0 Å². The molecule has 0 unspecified atom stereocenters. The Morgan fingerprint density at radius 3 is 2.53 bits per heavy atom. The molecule has 1 heterocycles. The molecule has 1 saturated carbocycles. The first-order chi connectivity index (χ1) is 9.25. The molecular weight excluding hydrogens is 234 g/mol. The summed E-state index contributed by atoms with van der Waals surface area (Å²) in [4.78, 5) is 4.94. The van der Waals surface area contributed by atoms with E-state index in [2.05, 4.69) is 42.7 Å². The van der Waals surface area contributed by atoms with E-state index in [4.69, 9.17) is 10.7 Å². The van der Waals surface area contributed by atoms with Crippen molar-refractivity contribution >= 4 is 11.0 Å².